The maximum Gasteiger partial charge on any atom is 0.126 e. The Bertz CT molecular complexity index is 459. The van der Waals surface area contributed by atoms with Gasteiger partial charge in [-0.2, -0.15) is 0 Å². The molecule has 17 heavy (non-hydrogen) atoms. The highest BCUT2D eigenvalue weighted by atomic mass is 79.9. The highest BCUT2D eigenvalue weighted by Crippen LogP contribution is 2.20. The van der Waals surface area contributed by atoms with Crippen molar-refractivity contribution in [3.63, 3.8) is 0 Å². The number of hydrogen-bond donors (Lipinski definition) is 1. The number of benzene rings is 1. The van der Waals surface area contributed by atoms with E-state index in [9.17, 15) is 0 Å². The number of aromatic nitrogens is 1. The summed E-state index contributed by atoms with van der Waals surface area (Å²) in [5, 5.41) is 3.15. The van der Waals surface area contributed by atoms with Crippen molar-refractivity contribution >= 4 is 33.3 Å². The van der Waals surface area contributed by atoms with Gasteiger partial charge in [0.2, 0.25) is 0 Å². The largest absolute Gasteiger partial charge is 0.368 e. The van der Waals surface area contributed by atoms with Crippen LogP contribution in [0.3, 0.4) is 0 Å². The number of rotatable bonds is 4. The molecule has 0 saturated heterocycles. The molecule has 1 aromatic heterocycles. The van der Waals surface area contributed by atoms with Gasteiger partial charge >= 0.3 is 0 Å². The van der Waals surface area contributed by atoms with Crippen molar-refractivity contribution in [1.82, 2.24) is 4.98 Å². The monoisotopic (exact) mass is 310 g/mol. The van der Waals surface area contributed by atoms with Crippen LogP contribution in [-0.2, 0) is 0 Å². The number of anilines is 1. The average molecular weight is 312 g/mol. The standard InChI is InChI=1S/C13H12BrClN2/c14-11-6-7-13(16-8-11)17-9-12(15)10-4-2-1-3-5-10/h1-8,12H,9H2,(H,16,17). The van der Waals surface area contributed by atoms with Crippen molar-refractivity contribution in [3.05, 3.63) is 58.7 Å². The first kappa shape index (κ1) is 12.4. The molecule has 88 valence electrons. The second-order valence-corrected chi connectivity index (χ2v) is 5.06. The molecule has 0 aliphatic carbocycles. The van der Waals surface area contributed by atoms with E-state index in [0.717, 1.165) is 15.9 Å². The van der Waals surface area contributed by atoms with Crippen LogP contribution in [0.15, 0.2) is 53.1 Å². The van der Waals surface area contributed by atoms with Crippen LogP contribution in [0.1, 0.15) is 10.9 Å². The zero-order chi connectivity index (χ0) is 12.1. The van der Waals surface area contributed by atoms with Crippen molar-refractivity contribution in [3.8, 4) is 0 Å². The van der Waals surface area contributed by atoms with Crippen molar-refractivity contribution in [2.24, 2.45) is 0 Å². The lowest BCUT2D eigenvalue weighted by Gasteiger charge is -2.11. The summed E-state index contributed by atoms with van der Waals surface area (Å²) in [6, 6.07) is 13.9. The lowest BCUT2D eigenvalue weighted by molar-refractivity contribution is 0.967. The molecule has 1 N–H and O–H groups in total. The lowest BCUT2D eigenvalue weighted by atomic mass is 10.1. The molecule has 1 unspecified atom stereocenters. The minimum absolute atomic E-state index is 0.0540. The Labute approximate surface area is 114 Å². The molecule has 4 heteroatoms. The van der Waals surface area contributed by atoms with E-state index in [2.05, 4.69) is 26.2 Å². The summed E-state index contributed by atoms with van der Waals surface area (Å²) in [7, 11) is 0. The molecule has 0 fully saturated rings. The van der Waals surface area contributed by atoms with Gasteiger partial charge in [-0.25, -0.2) is 4.98 Å². The van der Waals surface area contributed by atoms with E-state index >= 15 is 0 Å². The van der Waals surface area contributed by atoms with Crippen LogP contribution in [0, 0.1) is 0 Å². The smallest absolute Gasteiger partial charge is 0.126 e. The molecular formula is C13H12BrClN2. The number of halogens is 2. The molecular weight excluding hydrogens is 300 g/mol. The number of alkyl halides is 1. The van der Waals surface area contributed by atoms with Gasteiger partial charge in [-0.1, -0.05) is 30.3 Å². The quantitative estimate of drug-likeness (QED) is 0.854. The third kappa shape index (κ3) is 3.72. The highest BCUT2D eigenvalue weighted by molar-refractivity contribution is 9.10. The van der Waals surface area contributed by atoms with Crippen LogP contribution in [0.2, 0.25) is 0 Å². The van der Waals surface area contributed by atoms with Crippen molar-refractivity contribution in [1.29, 1.82) is 0 Å². The van der Waals surface area contributed by atoms with E-state index in [1.165, 1.54) is 0 Å². The first-order valence-electron chi connectivity index (χ1n) is 5.30. The fourth-order valence-corrected chi connectivity index (χ4v) is 1.91. The molecule has 2 rings (SSSR count). The summed E-state index contributed by atoms with van der Waals surface area (Å²) in [6.45, 7) is 0.653. The molecule has 1 heterocycles. The van der Waals surface area contributed by atoms with Crippen molar-refractivity contribution < 1.29 is 0 Å². The van der Waals surface area contributed by atoms with Gasteiger partial charge in [0.05, 0.1) is 5.38 Å². The third-order valence-electron chi connectivity index (χ3n) is 2.35. The first-order valence-corrected chi connectivity index (χ1v) is 6.53. The first-order chi connectivity index (χ1) is 8.25. The molecule has 0 bridgehead atoms. The van der Waals surface area contributed by atoms with Gasteiger partial charge in [-0.15, -0.1) is 11.6 Å². The normalized spacial score (nSPS) is 12.1. The zero-order valence-corrected chi connectivity index (χ0v) is 11.4. The minimum atomic E-state index is -0.0540. The summed E-state index contributed by atoms with van der Waals surface area (Å²) in [5.74, 6) is 0.829. The number of nitrogens with zero attached hydrogens (tertiary/aromatic N) is 1. The van der Waals surface area contributed by atoms with Crippen molar-refractivity contribution in [2.45, 2.75) is 5.38 Å². The Balaban J connectivity index is 1.92. The predicted octanol–water partition coefficient (Wildman–Crippen LogP) is 4.24. The van der Waals surface area contributed by atoms with Gasteiger partial charge < -0.3 is 5.32 Å². The summed E-state index contributed by atoms with van der Waals surface area (Å²) in [4.78, 5) is 4.23. The molecule has 0 aliphatic rings. The third-order valence-corrected chi connectivity index (χ3v) is 3.23. The number of pyridine rings is 1. The fraction of sp³-hybridized carbons (Fsp3) is 0.154. The van der Waals surface area contributed by atoms with Crippen LogP contribution in [0.25, 0.3) is 0 Å². The molecule has 0 spiro atoms. The Hall–Kier alpha value is -1.06. The van der Waals surface area contributed by atoms with Gasteiger partial charge in [0.15, 0.2) is 0 Å². The van der Waals surface area contributed by atoms with Gasteiger partial charge in [-0.3, -0.25) is 0 Å². The van der Waals surface area contributed by atoms with Gasteiger partial charge in [0, 0.05) is 17.2 Å². The van der Waals surface area contributed by atoms with E-state index in [1.54, 1.807) is 6.20 Å². The van der Waals surface area contributed by atoms with Crippen LogP contribution < -0.4 is 5.32 Å². The van der Waals surface area contributed by atoms with E-state index in [0.29, 0.717) is 6.54 Å². The van der Waals surface area contributed by atoms with E-state index in [1.807, 2.05) is 42.5 Å². The second kappa shape index (κ2) is 6.03. The molecule has 0 saturated carbocycles. The fourth-order valence-electron chi connectivity index (χ4n) is 1.45. The van der Waals surface area contributed by atoms with Crippen LogP contribution in [-0.4, -0.2) is 11.5 Å². The topological polar surface area (TPSA) is 24.9 Å². The van der Waals surface area contributed by atoms with Gasteiger partial charge in [-0.05, 0) is 33.6 Å². The maximum atomic E-state index is 6.29. The molecule has 2 nitrogen and oxygen atoms in total. The second-order valence-electron chi connectivity index (χ2n) is 3.62. The summed E-state index contributed by atoms with van der Waals surface area (Å²) in [5.41, 5.74) is 1.11. The Morgan fingerprint density at radius 1 is 1.18 bits per heavy atom. The van der Waals surface area contributed by atoms with E-state index in [4.69, 9.17) is 11.6 Å². The zero-order valence-electron chi connectivity index (χ0n) is 9.11. The molecule has 0 amide bonds. The summed E-state index contributed by atoms with van der Waals surface area (Å²) < 4.78 is 0.966. The highest BCUT2D eigenvalue weighted by Gasteiger charge is 2.06. The van der Waals surface area contributed by atoms with Gasteiger partial charge in [0.1, 0.15) is 5.82 Å². The van der Waals surface area contributed by atoms with Crippen molar-refractivity contribution in [2.75, 3.05) is 11.9 Å². The molecule has 0 aliphatic heterocycles. The molecule has 0 radical (unpaired) electrons. The molecule has 2 aromatic rings. The Kier molecular flexibility index (Phi) is 4.40. The van der Waals surface area contributed by atoms with E-state index < -0.39 is 0 Å². The SMILES string of the molecule is ClC(CNc1ccc(Br)cn1)c1ccccc1. The van der Waals surface area contributed by atoms with E-state index in [-0.39, 0.29) is 5.38 Å². The molecule has 1 atom stereocenters. The number of hydrogen-bond acceptors (Lipinski definition) is 2. The Morgan fingerprint density at radius 3 is 2.59 bits per heavy atom. The maximum absolute atomic E-state index is 6.29. The number of nitrogens with one attached hydrogen (secondary N) is 1. The lowest BCUT2D eigenvalue weighted by Crippen LogP contribution is -2.08. The summed E-state index contributed by atoms with van der Waals surface area (Å²) >= 11 is 9.63. The average Bonchev–Trinajstić information content (AvgIpc) is 2.39. The summed E-state index contributed by atoms with van der Waals surface area (Å²) in [6.07, 6.45) is 1.76. The minimum Gasteiger partial charge on any atom is -0.368 e. The molecule has 1 aromatic carbocycles. The predicted molar refractivity (Wildman–Crippen MR) is 75.5 cm³/mol. The van der Waals surface area contributed by atoms with Gasteiger partial charge in [0.25, 0.3) is 0 Å². The van der Waals surface area contributed by atoms with Crippen LogP contribution >= 0.6 is 27.5 Å². The Morgan fingerprint density at radius 2 is 1.94 bits per heavy atom. The van der Waals surface area contributed by atoms with Crippen LogP contribution in [0.5, 0.6) is 0 Å². The van der Waals surface area contributed by atoms with Crippen LogP contribution in [0.4, 0.5) is 5.82 Å².